The van der Waals surface area contributed by atoms with Crippen LogP contribution in [0.1, 0.15) is 23.2 Å². The maximum absolute atomic E-state index is 13.0. The van der Waals surface area contributed by atoms with E-state index in [1.54, 1.807) is 41.3 Å². The van der Waals surface area contributed by atoms with Crippen LogP contribution in [0, 0.1) is 0 Å². The second kappa shape index (κ2) is 8.84. The van der Waals surface area contributed by atoms with Crippen molar-refractivity contribution in [3.63, 3.8) is 0 Å². The molecule has 0 spiro atoms. The molecule has 1 aliphatic heterocycles. The zero-order chi connectivity index (χ0) is 21.0. The van der Waals surface area contributed by atoms with Gasteiger partial charge >= 0.3 is 0 Å². The predicted molar refractivity (Wildman–Crippen MR) is 113 cm³/mol. The Hall–Kier alpha value is -2.58. The molecule has 0 bridgehead atoms. The molecule has 1 amide bonds. The van der Waals surface area contributed by atoms with E-state index >= 15 is 0 Å². The number of rotatable bonds is 6. The molecular formula is C21H27N3O4S. The third-order valence-electron chi connectivity index (χ3n) is 5.16. The van der Waals surface area contributed by atoms with Crippen LogP contribution in [0.2, 0.25) is 0 Å². The number of nitrogens with zero attached hydrogens (tertiary/aromatic N) is 2. The number of carbonyl (C=O) groups excluding carboxylic acids is 1. The quantitative estimate of drug-likeness (QED) is 0.782. The average molecular weight is 418 g/mol. The fourth-order valence-corrected chi connectivity index (χ4v) is 4.59. The first-order valence-electron chi connectivity index (χ1n) is 9.53. The predicted octanol–water partition coefficient (Wildman–Crippen LogP) is 2.66. The first-order chi connectivity index (χ1) is 13.8. The van der Waals surface area contributed by atoms with Crippen LogP contribution >= 0.6 is 0 Å². The number of methoxy groups -OCH3 is 1. The van der Waals surface area contributed by atoms with E-state index in [9.17, 15) is 13.2 Å². The van der Waals surface area contributed by atoms with Crippen LogP contribution in [0.3, 0.4) is 0 Å². The Balaban J connectivity index is 1.82. The largest absolute Gasteiger partial charge is 0.495 e. The first-order valence-corrected chi connectivity index (χ1v) is 11.0. The van der Waals surface area contributed by atoms with Gasteiger partial charge in [0.15, 0.2) is 0 Å². The Morgan fingerprint density at radius 2 is 1.93 bits per heavy atom. The second-order valence-corrected chi connectivity index (χ2v) is 9.03. The van der Waals surface area contributed by atoms with Crippen molar-refractivity contribution in [3.8, 4) is 5.75 Å². The molecule has 1 N–H and O–H groups in total. The normalized spacial score (nSPS) is 17.2. The summed E-state index contributed by atoms with van der Waals surface area (Å²) >= 11 is 0. The van der Waals surface area contributed by atoms with Crippen molar-refractivity contribution in [3.05, 3.63) is 54.1 Å². The summed E-state index contributed by atoms with van der Waals surface area (Å²) in [6, 6.07) is 13.3. The summed E-state index contributed by atoms with van der Waals surface area (Å²) in [5.41, 5.74) is 0.712. The maximum atomic E-state index is 13.0. The average Bonchev–Trinajstić information content (AvgIpc) is 2.73. The molecule has 156 valence electrons. The lowest BCUT2D eigenvalue weighted by atomic mass is 10.0. The van der Waals surface area contributed by atoms with Crippen molar-refractivity contribution in [2.24, 2.45) is 0 Å². The number of carbonyl (C=O) groups is 1. The Morgan fingerprint density at radius 1 is 1.17 bits per heavy atom. The Bertz CT molecular complexity index is 975. The number of anilines is 1. The molecule has 0 radical (unpaired) electrons. The fourth-order valence-electron chi connectivity index (χ4n) is 3.47. The molecule has 1 atom stereocenters. The standard InChI is InChI=1S/C21H27N3O4S/c1-23(2)17-9-7-13-24(15-17)21(25)16-8-6-10-18(14-16)29(26,27)22-19-11-4-5-12-20(19)28-3/h4-6,8,10-12,14,17,22H,7,9,13,15H2,1-3H3. The van der Waals surface area contributed by atoms with Gasteiger partial charge in [-0.25, -0.2) is 8.42 Å². The Morgan fingerprint density at radius 3 is 2.66 bits per heavy atom. The summed E-state index contributed by atoms with van der Waals surface area (Å²) in [5.74, 6) is 0.275. The van der Waals surface area contributed by atoms with Crippen LogP contribution < -0.4 is 9.46 Å². The van der Waals surface area contributed by atoms with Crippen LogP contribution in [-0.4, -0.2) is 64.5 Å². The monoisotopic (exact) mass is 417 g/mol. The Kier molecular flexibility index (Phi) is 6.44. The summed E-state index contributed by atoms with van der Waals surface area (Å²) in [4.78, 5) is 16.9. The molecule has 8 heteroatoms. The van der Waals surface area contributed by atoms with Gasteiger partial charge in [0.1, 0.15) is 5.75 Å². The van der Waals surface area contributed by atoms with Gasteiger partial charge in [-0.15, -0.1) is 0 Å². The van der Waals surface area contributed by atoms with E-state index in [-0.39, 0.29) is 10.8 Å². The van der Waals surface area contributed by atoms with Crippen molar-refractivity contribution in [2.45, 2.75) is 23.8 Å². The minimum Gasteiger partial charge on any atom is -0.495 e. The smallest absolute Gasteiger partial charge is 0.262 e. The molecule has 29 heavy (non-hydrogen) atoms. The number of likely N-dealkylation sites (N-methyl/N-ethyl adjacent to an activating group) is 1. The lowest BCUT2D eigenvalue weighted by molar-refractivity contribution is 0.0635. The van der Waals surface area contributed by atoms with Crippen LogP contribution in [0.4, 0.5) is 5.69 Å². The van der Waals surface area contributed by atoms with Crippen molar-refractivity contribution < 1.29 is 17.9 Å². The number of likely N-dealkylation sites (tertiary alicyclic amines) is 1. The minimum absolute atomic E-state index is 0.0374. The number of piperidine rings is 1. The van der Waals surface area contributed by atoms with Gasteiger partial charge in [0.05, 0.1) is 17.7 Å². The molecule has 0 aromatic heterocycles. The van der Waals surface area contributed by atoms with Gasteiger partial charge in [-0.05, 0) is 57.3 Å². The van der Waals surface area contributed by atoms with Crippen molar-refractivity contribution in [2.75, 3.05) is 39.0 Å². The second-order valence-electron chi connectivity index (χ2n) is 7.34. The van der Waals surface area contributed by atoms with E-state index in [0.717, 1.165) is 12.8 Å². The number of para-hydroxylation sites is 2. The minimum atomic E-state index is -3.87. The summed E-state index contributed by atoms with van der Waals surface area (Å²) < 4.78 is 33.5. The molecule has 1 heterocycles. The molecule has 1 aliphatic rings. The van der Waals surface area contributed by atoms with E-state index in [2.05, 4.69) is 9.62 Å². The molecule has 7 nitrogen and oxygen atoms in total. The highest BCUT2D eigenvalue weighted by Gasteiger charge is 2.26. The van der Waals surface area contributed by atoms with E-state index in [1.165, 1.54) is 19.2 Å². The van der Waals surface area contributed by atoms with Gasteiger partial charge < -0.3 is 14.5 Å². The number of amides is 1. The highest BCUT2D eigenvalue weighted by molar-refractivity contribution is 7.92. The van der Waals surface area contributed by atoms with E-state index in [1.807, 2.05) is 14.1 Å². The number of hydrogen-bond acceptors (Lipinski definition) is 5. The van der Waals surface area contributed by atoms with Crippen LogP contribution in [0.25, 0.3) is 0 Å². The van der Waals surface area contributed by atoms with E-state index < -0.39 is 10.0 Å². The first kappa shape index (κ1) is 21.1. The third kappa shape index (κ3) is 4.89. The van der Waals surface area contributed by atoms with Gasteiger partial charge in [0, 0.05) is 24.7 Å². The molecule has 0 saturated carbocycles. The van der Waals surface area contributed by atoms with Gasteiger partial charge in [-0.2, -0.15) is 0 Å². The number of sulfonamides is 1. The van der Waals surface area contributed by atoms with Gasteiger partial charge in [0.2, 0.25) is 0 Å². The number of benzene rings is 2. The van der Waals surface area contributed by atoms with Crippen LogP contribution in [0.15, 0.2) is 53.4 Å². The summed E-state index contributed by atoms with van der Waals surface area (Å²) in [6.07, 6.45) is 1.98. The molecule has 3 rings (SSSR count). The van der Waals surface area contributed by atoms with Crippen molar-refractivity contribution >= 4 is 21.6 Å². The maximum Gasteiger partial charge on any atom is 0.262 e. The topological polar surface area (TPSA) is 78.9 Å². The summed E-state index contributed by atoms with van der Waals surface area (Å²) in [6.45, 7) is 1.32. The van der Waals surface area contributed by atoms with Gasteiger partial charge in [0.25, 0.3) is 15.9 Å². The molecule has 1 fully saturated rings. The molecule has 2 aromatic carbocycles. The van der Waals surface area contributed by atoms with Gasteiger partial charge in [-0.3, -0.25) is 9.52 Å². The third-order valence-corrected chi connectivity index (χ3v) is 6.52. The zero-order valence-corrected chi connectivity index (χ0v) is 17.8. The number of nitrogens with one attached hydrogen (secondary N) is 1. The van der Waals surface area contributed by atoms with E-state index in [4.69, 9.17) is 4.74 Å². The highest BCUT2D eigenvalue weighted by atomic mass is 32.2. The molecule has 0 aliphatic carbocycles. The lowest BCUT2D eigenvalue weighted by Gasteiger charge is -2.36. The van der Waals surface area contributed by atoms with Crippen molar-refractivity contribution in [1.82, 2.24) is 9.80 Å². The van der Waals surface area contributed by atoms with Crippen LogP contribution in [-0.2, 0) is 10.0 Å². The SMILES string of the molecule is COc1ccccc1NS(=O)(=O)c1cccc(C(=O)N2CCCC(N(C)C)C2)c1. The highest BCUT2D eigenvalue weighted by Crippen LogP contribution is 2.26. The lowest BCUT2D eigenvalue weighted by Crippen LogP contribution is -2.47. The van der Waals surface area contributed by atoms with E-state index in [0.29, 0.717) is 36.1 Å². The molecule has 2 aromatic rings. The molecular weight excluding hydrogens is 390 g/mol. The zero-order valence-electron chi connectivity index (χ0n) is 17.0. The molecule has 1 saturated heterocycles. The Labute approximate surface area is 172 Å². The van der Waals surface area contributed by atoms with Crippen molar-refractivity contribution in [1.29, 1.82) is 0 Å². The summed E-state index contributed by atoms with van der Waals surface area (Å²) in [5, 5.41) is 0. The van der Waals surface area contributed by atoms with Crippen LogP contribution in [0.5, 0.6) is 5.75 Å². The number of ether oxygens (including phenoxy) is 1. The molecule has 1 unspecified atom stereocenters. The number of hydrogen-bond donors (Lipinski definition) is 1. The fraction of sp³-hybridized carbons (Fsp3) is 0.381. The van der Waals surface area contributed by atoms with Gasteiger partial charge in [-0.1, -0.05) is 18.2 Å². The summed E-state index contributed by atoms with van der Waals surface area (Å²) in [7, 11) is 1.63.